The van der Waals surface area contributed by atoms with Crippen molar-refractivity contribution in [3.63, 3.8) is 0 Å². The number of benzene rings is 2. The van der Waals surface area contributed by atoms with Crippen molar-refractivity contribution in [2.75, 3.05) is 0 Å². The molecule has 0 unspecified atom stereocenters. The highest BCUT2D eigenvalue weighted by molar-refractivity contribution is 6.43. The molecule has 0 radical (unpaired) electrons. The SMILES string of the molecule is Clc1cccc(Cc2nnnn2-c2cccc(Cl)c2Cl)c1Cl. The van der Waals surface area contributed by atoms with Crippen molar-refractivity contribution >= 4 is 46.4 Å². The quantitative estimate of drug-likeness (QED) is 0.657. The number of hydrogen-bond donors (Lipinski definition) is 0. The average Bonchev–Trinajstić information content (AvgIpc) is 2.95. The van der Waals surface area contributed by atoms with Crippen LogP contribution in [0.4, 0.5) is 0 Å². The summed E-state index contributed by atoms with van der Waals surface area (Å²) in [4.78, 5) is 0. The van der Waals surface area contributed by atoms with Crippen LogP contribution in [0.3, 0.4) is 0 Å². The van der Waals surface area contributed by atoms with E-state index in [2.05, 4.69) is 15.5 Å². The minimum Gasteiger partial charge on any atom is -0.195 e. The average molecular weight is 374 g/mol. The van der Waals surface area contributed by atoms with Gasteiger partial charge in [0.25, 0.3) is 0 Å². The second-order valence-corrected chi connectivity index (χ2v) is 6.04. The van der Waals surface area contributed by atoms with E-state index < -0.39 is 0 Å². The van der Waals surface area contributed by atoms with Crippen LogP contribution in [0.1, 0.15) is 11.4 Å². The van der Waals surface area contributed by atoms with Crippen LogP contribution in [-0.4, -0.2) is 20.2 Å². The largest absolute Gasteiger partial charge is 0.195 e. The number of hydrogen-bond acceptors (Lipinski definition) is 3. The molecule has 0 amide bonds. The Bertz CT molecular complexity index is 831. The molecule has 0 saturated carbocycles. The summed E-state index contributed by atoms with van der Waals surface area (Å²) in [6, 6.07) is 10.7. The monoisotopic (exact) mass is 372 g/mol. The zero-order chi connectivity index (χ0) is 15.7. The van der Waals surface area contributed by atoms with Crippen molar-refractivity contribution in [2.45, 2.75) is 6.42 Å². The molecule has 0 atom stereocenters. The maximum absolute atomic E-state index is 6.22. The Labute approximate surface area is 146 Å². The lowest BCUT2D eigenvalue weighted by Crippen LogP contribution is -2.05. The third-order valence-electron chi connectivity index (χ3n) is 3.07. The second-order valence-electron chi connectivity index (χ2n) is 4.47. The van der Waals surface area contributed by atoms with E-state index in [4.69, 9.17) is 46.4 Å². The van der Waals surface area contributed by atoms with Gasteiger partial charge in [-0.3, -0.25) is 0 Å². The molecular formula is C14H8Cl4N4. The van der Waals surface area contributed by atoms with Gasteiger partial charge in [0, 0.05) is 6.42 Å². The smallest absolute Gasteiger partial charge is 0.161 e. The van der Waals surface area contributed by atoms with Gasteiger partial charge in [0.2, 0.25) is 0 Å². The first-order valence-electron chi connectivity index (χ1n) is 6.22. The van der Waals surface area contributed by atoms with Gasteiger partial charge in [0.05, 0.1) is 25.8 Å². The van der Waals surface area contributed by atoms with Gasteiger partial charge in [-0.25, -0.2) is 0 Å². The third kappa shape index (κ3) is 2.92. The summed E-state index contributed by atoms with van der Waals surface area (Å²) in [5.41, 5.74) is 1.43. The molecule has 0 saturated heterocycles. The molecule has 0 fully saturated rings. The van der Waals surface area contributed by atoms with Crippen LogP contribution < -0.4 is 0 Å². The van der Waals surface area contributed by atoms with Crippen LogP contribution >= 0.6 is 46.4 Å². The van der Waals surface area contributed by atoms with Crippen LogP contribution in [-0.2, 0) is 6.42 Å². The first-order valence-corrected chi connectivity index (χ1v) is 7.73. The van der Waals surface area contributed by atoms with Gasteiger partial charge in [-0.2, -0.15) is 4.68 Å². The highest BCUT2D eigenvalue weighted by atomic mass is 35.5. The Balaban J connectivity index is 2.03. The van der Waals surface area contributed by atoms with Gasteiger partial charge >= 0.3 is 0 Å². The third-order valence-corrected chi connectivity index (χ3v) is 4.74. The predicted molar refractivity (Wildman–Crippen MR) is 88.4 cm³/mol. The Morgan fingerprint density at radius 1 is 0.864 bits per heavy atom. The summed E-state index contributed by atoms with van der Waals surface area (Å²) in [6.07, 6.45) is 0.412. The fourth-order valence-electron chi connectivity index (χ4n) is 2.01. The van der Waals surface area contributed by atoms with E-state index in [9.17, 15) is 0 Å². The van der Waals surface area contributed by atoms with E-state index in [1.54, 1.807) is 24.3 Å². The molecule has 1 aromatic heterocycles. The summed E-state index contributed by atoms with van der Waals surface area (Å²) >= 11 is 24.5. The van der Waals surface area contributed by atoms with Gasteiger partial charge in [0.15, 0.2) is 5.82 Å². The Morgan fingerprint density at radius 3 is 2.32 bits per heavy atom. The number of rotatable bonds is 3. The minimum absolute atomic E-state index is 0.384. The van der Waals surface area contributed by atoms with E-state index in [0.29, 0.717) is 38.0 Å². The van der Waals surface area contributed by atoms with Gasteiger partial charge in [0.1, 0.15) is 0 Å². The molecule has 3 rings (SSSR count). The highest BCUT2D eigenvalue weighted by Crippen LogP contribution is 2.30. The van der Waals surface area contributed by atoms with Gasteiger partial charge < -0.3 is 0 Å². The van der Waals surface area contributed by atoms with Crippen LogP contribution in [0.5, 0.6) is 0 Å². The number of nitrogens with zero attached hydrogens (tertiary/aromatic N) is 4. The van der Waals surface area contributed by atoms with E-state index in [-0.39, 0.29) is 0 Å². The normalized spacial score (nSPS) is 10.9. The molecule has 0 aliphatic carbocycles. The van der Waals surface area contributed by atoms with Crippen molar-refractivity contribution in [1.29, 1.82) is 0 Å². The lowest BCUT2D eigenvalue weighted by Gasteiger charge is -2.09. The first-order chi connectivity index (χ1) is 10.6. The summed E-state index contributed by atoms with van der Waals surface area (Å²) in [7, 11) is 0. The van der Waals surface area contributed by atoms with Crippen LogP contribution in [0.15, 0.2) is 36.4 Å². The van der Waals surface area contributed by atoms with Crippen LogP contribution in [0, 0.1) is 0 Å². The maximum atomic E-state index is 6.22. The highest BCUT2D eigenvalue weighted by Gasteiger charge is 2.15. The molecule has 0 bridgehead atoms. The van der Waals surface area contributed by atoms with E-state index in [1.165, 1.54) is 4.68 Å². The topological polar surface area (TPSA) is 43.6 Å². The molecular weight excluding hydrogens is 366 g/mol. The lowest BCUT2D eigenvalue weighted by atomic mass is 10.1. The van der Waals surface area contributed by atoms with Crippen molar-refractivity contribution in [3.05, 3.63) is 67.9 Å². The molecule has 0 aliphatic rings. The fourth-order valence-corrected chi connectivity index (χ4v) is 2.78. The summed E-state index contributed by atoms with van der Waals surface area (Å²) in [5.74, 6) is 0.577. The Kier molecular flexibility index (Phi) is 4.54. The zero-order valence-electron chi connectivity index (χ0n) is 11.0. The molecule has 8 heteroatoms. The van der Waals surface area contributed by atoms with Gasteiger partial charge in [-0.15, -0.1) is 5.10 Å². The summed E-state index contributed by atoms with van der Waals surface area (Å²) in [5, 5.41) is 13.5. The maximum Gasteiger partial charge on any atom is 0.161 e. The summed E-state index contributed by atoms with van der Waals surface area (Å²) < 4.78 is 1.53. The van der Waals surface area contributed by atoms with Crippen LogP contribution in [0.25, 0.3) is 5.69 Å². The predicted octanol–water partition coefficient (Wildman–Crippen LogP) is 4.87. The van der Waals surface area contributed by atoms with Crippen molar-refractivity contribution in [2.24, 2.45) is 0 Å². The van der Waals surface area contributed by atoms with Crippen molar-refractivity contribution in [1.82, 2.24) is 20.2 Å². The molecule has 4 nitrogen and oxygen atoms in total. The molecule has 0 aliphatic heterocycles. The molecule has 22 heavy (non-hydrogen) atoms. The Hall–Kier alpha value is -1.33. The van der Waals surface area contributed by atoms with Gasteiger partial charge in [-0.1, -0.05) is 64.6 Å². The number of aromatic nitrogens is 4. The van der Waals surface area contributed by atoms with E-state index in [0.717, 1.165) is 5.56 Å². The molecule has 2 aromatic carbocycles. The van der Waals surface area contributed by atoms with Crippen LogP contribution in [0.2, 0.25) is 20.1 Å². The summed E-state index contributed by atoms with van der Waals surface area (Å²) in [6.45, 7) is 0. The molecule has 0 N–H and O–H groups in total. The zero-order valence-corrected chi connectivity index (χ0v) is 14.0. The van der Waals surface area contributed by atoms with Crippen molar-refractivity contribution < 1.29 is 0 Å². The van der Waals surface area contributed by atoms with E-state index >= 15 is 0 Å². The molecule has 3 aromatic rings. The van der Waals surface area contributed by atoms with Gasteiger partial charge in [-0.05, 0) is 34.2 Å². The molecule has 0 spiro atoms. The van der Waals surface area contributed by atoms with Crippen molar-refractivity contribution in [3.8, 4) is 5.69 Å². The minimum atomic E-state index is 0.384. The molecule has 1 heterocycles. The second kappa shape index (κ2) is 6.42. The number of tetrazole rings is 1. The lowest BCUT2D eigenvalue weighted by molar-refractivity contribution is 0.771. The number of halogens is 4. The Morgan fingerprint density at radius 2 is 1.55 bits per heavy atom. The standard InChI is InChI=1S/C14H8Cl4N4/c15-9-4-1-3-8(13(9)17)7-12-19-20-21-22(12)11-6-2-5-10(16)14(11)18/h1-6H,7H2. The molecule has 112 valence electrons. The fraction of sp³-hybridized carbons (Fsp3) is 0.0714. The van der Waals surface area contributed by atoms with E-state index in [1.807, 2.05) is 12.1 Å². The first kappa shape index (κ1) is 15.6.